The number of carbonyl (C=O) groups excluding carboxylic acids is 1. The van der Waals surface area contributed by atoms with Crippen molar-refractivity contribution in [3.05, 3.63) is 59.4 Å². The maximum absolute atomic E-state index is 12.8. The molecule has 6 heteroatoms. The van der Waals surface area contributed by atoms with Crippen LogP contribution in [0.3, 0.4) is 0 Å². The summed E-state index contributed by atoms with van der Waals surface area (Å²) in [5.74, 6) is 1.15. The largest absolute Gasteiger partial charge is 0.490 e. The minimum atomic E-state index is -0.292. The zero-order valence-corrected chi connectivity index (χ0v) is 15.2. The molecule has 0 aliphatic rings. The van der Waals surface area contributed by atoms with Gasteiger partial charge in [-0.25, -0.2) is 9.18 Å². The Morgan fingerprint density at radius 3 is 2.27 bits per heavy atom. The highest BCUT2D eigenvalue weighted by atomic mass is 19.1. The number of hydrogen-bond donors (Lipinski definition) is 2. The number of ether oxygens (including phenoxy) is 2. The molecule has 0 radical (unpaired) electrons. The molecule has 2 aromatic rings. The second-order valence-electron chi connectivity index (χ2n) is 5.63. The lowest BCUT2D eigenvalue weighted by Gasteiger charge is -2.13. The minimum Gasteiger partial charge on any atom is -0.490 e. The molecule has 0 aromatic heterocycles. The van der Waals surface area contributed by atoms with Crippen molar-refractivity contribution in [3.63, 3.8) is 0 Å². The number of halogens is 1. The average Bonchev–Trinajstić information content (AvgIpc) is 2.64. The van der Waals surface area contributed by atoms with Crippen LogP contribution in [0.2, 0.25) is 0 Å². The van der Waals surface area contributed by atoms with Crippen molar-refractivity contribution in [2.75, 3.05) is 19.8 Å². The molecular formula is C20H25FN2O3. The fourth-order valence-corrected chi connectivity index (χ4v) is 2.42. The number of nitrogens with one attached hydrogen (secondary N) is 2. The van der Waals surface area contributed by atoms with E-state index in [1.165, 1.54) is 12.1 Å². The van der Waals surface area contributed by atoms with Gasteiger partial charge in [-0.3, -0.25) is 0 Å². The standard InChI is InChI=1S/C20H25FN2O3/c1-3-25-18-10-7-15(13-19(18)26-4-2)11-12-22-20(24)23-14-16-5-8-17(21)9-6-16/h5-10,13H,3-4,11-12,14H2,1-2H3,(H2,22,23,24). The highest BCUT2D eigenvalue weighted by Crippen LogP contribution is 2.28. The van der Waals surface area contributed by atoms with E-state index in [0.717, 1.165) is 16.9 Å². The normalized spacial score (nSPS) is 10.3. The molecule has 0 saturated carbocycles. The van der Waals surface area contributed by atoms with Crippen LogP contribution in [0.25, 0.3) is 0 Å². The number of hydrogen-bond acceptors (Lipinski definition) is 3. The third-order valence-electron chi connectivity index (χ3n) is 3.67. The first-order chi connectivity index (χ1) is 12.6. The molecule has 2 aromatic carbocycles. The maximum Gasteiger partial charge on any atom is 0.315 e. The molecule has 5 nitrogen and oxygen atoms in total. The van der Waals surface area contributed by atoms with E-state index in [1.807, 2.05) is 32.0 Å². The van der Waals surface area contributed by atoms with E-state index in [0.29, 0.717) is 38.5 Å². The molecule has 0 aliphatic heterocycles. The first-order valence-electron chi connectivity index (χ1n) is 8.77. The van der Waals surface area contributed by atoms with Gasteiger partial charge in [0.2, 0.25) is 0 Å². The predicted octanol–water partition coefficient (Wildman–Crippen LogP) is 3.67. The molecule has 140 valence electrons. The van der Waals surface area contributed by atoms with Crippen LogP contribution in [0.1, 0.15) is 25.0 Å². The molecule has 26 heavy (non-hydrogen) atoms. The van der Waals surface area contributed by atoms with Crippen molar-refractivity contribution in [1.82, 2.24) is 10.6 Å². The zero-order chi connectivity index (χ0) is 18.8. The number of carbonyl (C=O) groups is 1. The third-order valence-corrected chi connectivity index (χ3v) is 3.67. The Balaban J connectivity index is 1.78. The second kappa shape index (κ2) is 10.3. The lowest BCUT2D eigenvalue weighted by Crippen LogP contribution is -2.36. The molecule has 0 atom stereocenters. The third kappa shape index (κ3) is 6.27. The van der Waals surface area contributed by atoms with Gasteiger partial charge < -0.3 is 20.1 Å². The van der Waals surface area contributed by atoms with Crippen LogP contribution in [0, 0.1) is 5.82 Å². The molecular weight excluding hydrogens is 335 g/mol. The highest BCUT2D eigenvalue weighted by Gasteiger charge is 2.07. The van der Waals surface area contributed by atoms with Crippen LogP contribution < -0.4 is 20.1 Å². The Morgan fingerprint density at radius 2 is 1.58 bits per heavy atom. The average molecular weight is 360 g/mol. The quantitative estimate of drug-likeness (QED) is 0.717. The monoisotopic (exact) mass is 360 g/mol. The van der Waals surface area contributed by atoms with Gasteiger partial charge in [0.1, 0.15) is 5.82 Å². The molecule has 0 aliphatic carbocycles. The van der Waals surface area contributed by atoms with Gasteiger partial charge in [-0.1, -0.05) is 18.2 Å². The highest BCUT2D eigenvalue weighted by molar-refractivity contribution is 5.73. The van der Waals surface area contributed by atoms with E-state index in [-0.39, 0.29) is 11.8 Å². The van der Waals surface area contributed by atoms with Crippen molar-refractivity contribution in [1.29, 1.82) is 0 Å². The number of rotatable bonds is 9. The van der Waals surface area contributed by atoms with Crippen LogP contribution in [0.5, 0.6) is 11.5 Å². The lowest BCUT2D eigenvalue weighted by molar-refractivity contribution is 0.240. The van der Waals surface area contributed by atoms with E-state index >= 15 is 0 Å². The number of urea groups is 1. The van der Waals surface area contributed by atoms with E-state index < -0.39 is 0 Å². The first-order valence-corrected chi connectivity index (χ1v) is 8.77. The molecule has 0 fully saturated rings. The summed E-state index contributed by atoms with van der Waals surface area (Å²) in [7, 11) is 0. The van der Waals surface area contributed by atoms with Crippen LogP contribution in [0.4, 0.5) is 9.18 Å². The van der Waals surface area contributed by atoms with Gasteiger partial charge in [-0.2, -0.15) is 0 Å². The van der Waals surface area contributed by atoms with Gasteiger partial charge >= 0.3 is 6.03 Å². The number of benzene rings is 2. The fraction of sp³-hybridized carbons (Fsp3) is 0.350. The molecule has 0 heterocycles. The molecule has 2 N–H and O–H groups in total. The van der Waals surface area contributed by atoms with E-state index in [9.17, 15) is 9.18 Å². The zero-order valence-electron chi connectivity index (χ0n) is 15.2. The van der Waals surface area contributed by atoms with E-state index in [4.69, 9.17) is 9.47 Å². The van der Waals surface area contributed by atoms with Crippen LogP contribution in [0.15, 0.2) is 42.5 Å². The minimum absolute atomic E-state index is 0.259. The topological polar surface area (TPSA) is 59.6 Å². The molecule has 0 saturated heterocycles. The van der Waals surface area contributed by atoms with Crippen molar-refractivity contribution < 1.29 is 18.7 Å². The van der Waals surface area contributed by atoms with Crippen molar-refractivity contribution in [2.45, 2.75) is 26.8 Å². The van der Waals surface area contributed by atoms with Crippen LogP contribution >= 0.6 is 0 Å². The van der Waals surface area contributed by atoms with Crippen molar-refractivity contribution >= 4 is 6.03 Å². The summed E-state index contributed by atoms with van der Waals surface area (Å²) in [4.78, 5) is 11.8. The van der Waals surface area contributed by atoms with Gasteiger partial charge in [0.05, 0.1) is 13.2 Å². The Morgan fingerprint density at radius 1 is 0.923 bits per heavy atom. The number of amides is 2. The maximum atomic E-state index is 12.8. The summed E-state index contributed by atoms with van der Waals surface area (Å²) in [6, 6.07) is 11.6. The summed E-state index contributed by atoms with van der Waals surface area (Å²) in [6.45, 7) is 5.84. The van der Waals surface area contributed by atoms with Crippen molar-refractivity contribution in [3.8, 4) is 11.5 Å². The van der Waals surface area contributed by atoms with Gasteiger partial charge in [-0.15, -0.1) is 0 Å². The van der Waals surface area contributed by atoms with Gasteiger partial charge in [-0.05, 0) is 55.7 Å². The van der Waals surface area contributed by atoms with E-state index in [1.54, 1.807) is 12.1 Å². The summed E-state index contributed by atoms with van der Waals surface area (Å²) in [6.07, 6.45) is 0.677. The van der Waals surface area contributed by atoms with Crippen molar-refractivity contribution in [2.24, 2.45) is 0 Å². The Bertz CT molecular complexity index is 705. The summed E-state index contributed by atoms with van der Waals surface area (Å²) in [5.41, 5.74) is 1.89. The molecule has 0 bridgehead atoms. The van der Waals surface area contributed by atoms with Gasteiger partial charge in [0.25, 0.3) is 0 Å². The summed E-state index contributed by atoms with van der Waals surface area (Å²) < 4.78 is 24.0. The first kappa shape index (κ1) is 19.6. The summed E-state index contributed by atoms with van der Waals surface area (Å²) in [5, 5.41) is 5.55. The molecule has 2 amide bonds. The van der Waals surface area contributed by atoms with E-state index in [2.05, 4.69) is 10.6 Å². The molecule has 0 unspecified atom stereocenters. The predicted molar refractivity (Wildman–Crippen MR) is 99.1 cm³/mol. The second-order valence-corrected chi connectivity index (χ2v) is 5.63. The van der Waals surface area contributed by atoms with Gasteiger partial charge in [0.15, 0.2) is 11.5 Å². The molecule has 0 spiro atoms. The SMILES string of the molecule is CCOc1ccc(CCNC(=O)NCc2ccc(F)cc2)cc1OCC. The lowest BCUT2D eigenvalue weighted by atomic mass is 10.1. The van der Waals surface area contributed by atoms with Gasteiger partial charge in [0, 0.05) is 13.1 Å². The fourth-order valence-electron chi connectivity index (χ4n) is 2.42. The smallest absolute Gasteiger partial charge is 0.315 e. The summed E-state index contributed by atoms with van der Waals surface area (Å²) >= 11 is 0. The Labute approximate surface area is 153 Å². The molecule has 2 rings (SSSR count). The van der Waals surface area contributed by atoms with Crippen LogP contribution in [-0.2, 0) is 13.0 Å². The Kier molecular flexibility index (Phi) is 7.74. The Hall–Kier alpha value is -2.76. The van der Waals surface area contributed by atoms with Crippen LogP contribution in [-0.4, -0.2) is 25.8 Å².